The maximum Gasteiger partial charge on any atom is 0.338 e. The number of nitrogens with zero attached hydrogens (tertiary/aromatic N) is 1. The molecule has 3 aromatic carbocycles. The molecule has 0 aliphatic carbocycles. The van der Waals surface area contributed by atoms with Crippen LogP contribution in [0.3, 0.4) is 0 Å². The van der Waals surface area contributed by atoms with Crippen LogP contribution in [0.15, 0.2) is 81.5 Å². The third-order valence-electron chi connectivity index (χ3n) is 6.56. The number of allylic oxidation sites excluding steroid dienone is 1. The number of hydrazone groups is 1. The van der Waals surface area contributed by atoms with E-state index in [9.17, 15) is 14.4 Å². The zero-order valence-electron chi connectivity index (χ0n) is 25.1. The molecule has 45 heavy (non-hydrogen) atoms. The number of amides is 3. The van der Waals surface area contributed by atoms with Crippen molar-refractivity contribution < 1.29 is 38.1 Å². The van der Waals surface area contributed by atoms with Gasteiger partial charge < -0.3 is 34.3 Å². The molecular formula is C32H33BrN4O8. The normalized spacial score (nSPS) is 14.3. The zero-order chi connectivity index (χ0) is 32.3. The predicted octanol–water partition coefficient (Wildman–Crippen LogP) is 4.77. The van der Waals surface area contributed by atoms with Gasteiger partial charge in [-0.1, -0.05) is 40.2 Å². The summed E-state index contributed by atoms with van der Waals surface area (Å²) in [5.41, 5.74) is 5.21. The van der Waals surface area contributed by atoms with Crippen molar-refractivity contribution >= 4 is 40.1 Å². The Balaban J connectivity index is 1.40. The number of carbonyl (C=O) groups is 3. The maximum absolute atomic E-state index is 12.6. The summed E-state index contributed by atoms with van der Waals surface area (Å²) in [5, 5.41) is 9.39. The second-order valence-corrected chi connectivity index (χ2v) is 10.5. The Morgan fingerprint density at radius 2 is 1.76 bits per heavy atom. The molecule has 12 nitrogen and oxygen atoms in total. The number of para-hydroxylation sites is 1. The average molecular weight is 682 g/mol. The molecule has 0 fully saturated rings. The molecule has 3 aromatic rings. The highest BCUT2D eigenvalue weighted by atomic mass is 79.9. The molecule has 0 spiro atoms. The van der Waals surface area contributed by atoms with Crippen LogP contribution in [0.2, 0.25) is 0 Å². The highest BCUT2D eigenvalue weighted by Gasteiger charge is 2.32. The van der Waals surface area contributed by atoms with Crippen molar-refractivity contribution in [3.8, 4) is 23.0 Å². The summed E-state index contributed by atoms with van der Waals surface area (Å²) in [6.45, 7) is 3.44. The van der Waals surface area contributed by atoms with E-state index in [4.69, 9.17) is 23.7 Å². The number of esters is 1. The van der Waals surface area contributed by atoms with Crippen LogP contribution in [0.1, 0.15) is 36.6 Å². The van der Waals surface area contributed by atoms with Crippen LogP contribution in [0.25, 0.3) is 0 Å². The predicted molar refractivity (Wildman–Crippen MR) is 169 cm³/mol. The molecule has 3 amide bonds. The van der Waals surface area contributed by atoms with Gasteiger partial charge in [-0.05, 0) is 61.4 Å². The summed E-state index contributed by atoms with van der Waals surface area (Å²) in [7, 11) is 2.98. The molecule has 1 atom stereocenters. The molecule has 0 saturated carbocycles. The summed E-state index contributed by atoms with van der Waals surface area (Å²) in [4.78, 5) is 37.4. The number of methoxy groups -OCH3 is 2. The first-order valence-corrected chi connectivity index (χ1v) is 14.7. The Bertz CT molecular complexity index is 1610. The van der Waals surface area contributed by atoms with Crippen LogP contribution in [0.5, 0.6) is 23.0 Å². The van der Waals surface area contributed by atoms with Gasteiger partial charge in [0, 0.05) is 15.7 Å². The summed E-state index contributed by atoms with van der Waals surface area (Å²) in [5.74, 6) is 0.484. The first kappa shape index (κ1) is 32.9. The summed E-state index contributed by atoms with van der Waals surface area (Å²) < 4.78 is 28.8. The topological polar surface area (TPSA) is 146 Å². The number of rotatable bonds is 13. The smallest absolute Gasteiger partial charge is 0.338 e. The van der Waals surface area contributed by atoms with Gasteiger partial charge in [0.15, 0.2) is 29.6 Å². The molecule has 1 aliphatic rings. The fraction of sp³-hybridized carbons (Fsp3) is 0.250. The number of urea groups is 1. The van der Waals surface area contributed by atoms with Gasteiger partial charge in [0.05, 0.1) is 38.7 Å². The lowest BCUT2D eigenvalue weighted by molar-refractivity contribution is -0.139. The first-order chi connectivity index (χ1) is 21.7. The van der Waals surface area contributed by atoms with Crippen LogP contribution in [-0.4, -0.2) is 51.6 Å². The second kappa shape index (κ2) is 15.6. The molecule has 1 aliphatic heterocycles. The Morgan fingerprint density at radius 3 is 2.47 bits per heavy atom. The molecule has 4 rings (SSSR count). The minimum Gasteiger partial charge on any atom is -0.493 e. The number of hydrogen-bond donors (Lipinski definition) is 3. The number of hydrogen-bond acceptors (Lipinski definition) is 9. The molecule has 0 radical (unpaired) electrons. The van der Waals surface area contributed by atoms with Crippen molar-refractivity contribution in [2.45, 2.75) is 26.5 Å². The van der Waals surface area contributed by atoms with E-state index in [1.54, 1.807) is 57.4 Å². The molecule has 0 aromatic heterocycles. The Hall–Kier alpha value is -5.04. The third kappa shape index (κ3) is 8.54. The van der Waals surface area contributed by atoms with Crippen molar-refractivity contribution in [1.29, 1.82) is 0 Å². The van der Waals surface area contributed by atoms with E-state index in [0.29, 0.717) is 40.7 Å². The van der Waals surface area contributed by atoms with Crippen molar-refractivity contribution in [2.24, 2.45) is 5.10 Å². The number of ether oxygens (including phenoxy) is 5. The highest BCUT2D eigenvalue weighted by molar-refractivity contribution is 9.10. The van der Waals surface area contributed by atoms with Crippen LogP contribution in [0.4, 0.5) is 4.79 Å². The Morgan fingerprint density at radius 1 is 1.00 bits per heavy atom. The minimum atomic E-state index is -0.779. The molecule has 0 unspecified atom stereocenters. The van der Waals surface area contributed by atoms with E-state index < -0.39 is 23.9 Å². The Labute approximate surface area is 268 Å². The SMILES string of the molecule is CCOC(=O)C1=C(C)NC(=O)N[C@@H]1c1ccc(OCC(=O)N/N=C/c2cccc(OC)c2OCc2ccc(Br)cc2)c(OC)c1. The first-order valence-electron chi connectivity index (χ1n) is 13.9. The molecule has 0 bridgehead atoms. The monoisotopic (exact) mass is 680 g/mol. The number of carbonyl (C=O) groups excluding carboxylic acids is 3. The van der Waals surface area contributed by atoms with Gasteiger partial charge in [-0.2, -0.15) is 5.10 Å². The summed E-state index contributed by atoms with van der Waals surface area (Å²) >= 11 is 3.42. The van der Waals surface area contributed by atoms with E-state index in [1.807, 2.05) is 24.3 Å². The van der Waals surface area contributed by atoms with Crippen molar-refractivity contribution in [1.82, 2.24) is 16.1 Å². The lowest BCUT2D eigenvalue weighted by Crippen LogP contribution is -2.45. The molecular weight excluding hydrogens is 648 g/mol. The van der Waals surface area contributed by atoms with Crippen LogP contribution >= 0.6 is 15.9 Å². The standard InChI is InChI=1S/C32H33BrN4O8/c1-5-43-31(39)28-19(2)35-32(40)36-29(28)21-11-14-24(26(15-21)42-4)44-18-27(38)37-34-16-22-7-6-8-25(41-3)30(22)45-17-20-9-12-23(33)13-10-20/h6-16,29H,5,17-18H2,1-4H3,(H,37,38)(H2,35,36,40)/b34-16+/t29-/m1/s1. The van der Waals surface area contributed by atoms with Crippen molar-refractivity contribution in [2.75, 3.05) is 27.4 Å². The fourth-order valence-corrected chi connectivity index (χ4v) is 4.71. The van der Waals surface area contributed by atoms with Crippen molar-refractivity contribution in [3.05, 3.63) is 93.1 Å². The van der Waals surface area contributed by atoms with E-state index in [-0.39, 0.29) is 24.5 Å². The van der Waals surface area contributed by atoms with Gasteiger partial charge in [0.25, 0.3) is 5.91 Å². The number of halogens is 1. The van der Waals surface area contributed by atoms with Gasteiger partial charge in [0.1, 0.15) is 6.61 Å². The fourth-order valence-electron chi connectivity index (χ4n) is 4.44. The summed E-state index contributed by atoms with van der Waals surface area (Å²) in [6.07, 6.45) is 1.46. The number of nitrogens with one attached hydrogen (secondary N) is 3. The van der Waals surface area contributed by atoms with Crippen molar-refractivity contribution in [3.63, 3.8) is 0 Å². The Kier molecular flexibility index (Phi) is 11.4. The van der Waals surface area contributed by atoms with Crippen LogP contribution in [-0.2, 0) is 20.9 Å². The zero-order valence-corrected chi connectivity index (χ0v) is 26.7. The third-order valence-corrected chi connectivity index (χ3v) is 7.09. The van der Waals surface area contributed by atoms with Gasteiger partial charge in [-0.25, -0.2) is 15.0 Å². The van der Waals surface area contributed by atoms with Crippen LogP contribution < -0.4 is 35.0 Å². The lowest BCUT2D eigenvalue weighted by atomic mass is 9.95. The molecule has 1 heterocycles. The van der Waals surface area contributed by atoms with E-state index in [2.05, 4.69) is 37.1 Å². The maximum atomic E-state index is 12.6. The van der Waals surface area contributed by atoms with E-state index >= 15 is 0 Å². The van der Waals surface area contributed by atoms with Gasteiger partial charge in [-0.15, -0.1) is 0 Å². The average Bonchev–Trinajstić information content (AvgIpc) is 3.03. The van der Waals surface area contributed by atoms with Gasteiger partial charge in [0.2, 0.25) is 0 Å². The molecule has 236 valence electrons. The molecule has 0 saturated heterocycles. The van der Waals surface area contributed by atoms with Crippen LogP contribution in [0, 0.1) is 0 Å². The molecule has 3 N–H and O–H groups in total. The van der Waals surface area contributed by atoms with Gasteiger partial charge in [-0.3, -0.25) is 4.79 Å². The highest BCUT2D eigenvalue weighted by Crippen LogP contribution is 2.35. The quantitative estimate of drug-likeness (QED) is 0.133. The summed E-state index contributed by atoms with van der Waals surface area (Å²) in [6, 6.07) is 16.7. The van der Waals surface area contributed by atoms with Gasteiger partial charge >= 0.3 is 12.0 Å². The number of benzene rings is 3. The van der Waals surface area contributed by atoms with E-state index in [0.717, 1.165) is 10.0 Å². The second-order valence-electron chi connectivity index (χ2n) is 9.58. The molecule has 13 heteroatoms. The van der Waals surface area contributed by atoms with E-state index in [1.165, 1.54) is 13.3 Å². The lowest BCUT2D eigenvalue weighted by Gasteiger charge is -2.28. The largest absolute Gasteiger partial charge is 0.493 e. The minimum absolute atomic E-state index is 0.180.